The van der Waals surface area contributed by atoms with Gasteiger partial charge in [-0.15, -0.1) is 0 Å². The van der Waals surface area contributed by atoms with E-state index in [4.69, 9.17) is 9.15 Å². The van der Waals surface area contributed by atoms with Gasteiger partial charge in [-0.2, -0.15) is 0 Å². The number of furan rings is 1. The molecule has 0 saturated carbocycles. The number of rotatable bonds is 4. The Morgan fingerprint density at radius 3 is 3.21 bits per heavy atom. The first-order valence-corrected chi connectivity index (χ1v) is 6.77. The highest BCUT2D eigenvalue weighted by Gasteiger charge is 2.22. The average Bonchev–Trinajstić information content (AvgIpc) is 2.89. The van der Waals surface area contributed by atoms with E-state index in [-0.39, 0.29) is 0 Å². The van der Waals surface area contributed by atoms with Crippen molar-refractivity contribution in [3.8, 4) is 0 Å². The van der Waals surface area contributed by atoms with E-state index in [0.29, 0.717) is 12.6 Å². The quantitative estimate of drug-likeness (QED) is 0.901. The number of aryl methyl sites for hydroxylation is 1. The van der Waals surface area contributed by atoms with Gasteiger partial charge in [0.2, 0.25) is 0 Å². The molecule has 3 nitrogen and oxygen atoms in total. The van der Waals surface area contributed by atoms with Crippen molar-refractivity contribution >= 4 is 5.69 Å². The number of methoxy groups -OCH3 is 1. The summed E-state index contributed by atoms with van der Waals surface area (Å²) in [6, 6.07) is 10.9. The summed E-state index contributed by atoms with van der Waals surface area (Å²) in [6.07, 6.45) is 5.19. The number of hydrogen-bond acceptors (Lipinski definition) is 3. The van der Waals surface area contributed by atoms with E-state index in [2.05, 4.69) is 35.6 Å². The molecule has 0 radical (unpaired) electrons. The third kappa shape index (κ3) is 2.66. The Kier molecular flexibility index (Phi) is 3.56. The molecule has 1 aliphatic carbocycles. The SMILES string of the molecule is COCc1cccc(NC2CCCc3occc32)c1. The van der Waals surface area contributed by atoms with E-state index in [9.17, 15) is 0 Å². The molecule has 1 N–H and O–H groups in total. The first kappa shape index (κ1) is 12.3. The lowest BCUT2D eigenvalue weighted by Gasteiger charge is -2.24. The molecule has 1 aromatic heterocycles. The van der Waals surface area contributed by atoms with E-state index in [0.717, 1.165) is 24.3 Å². The largest absolute Gasteiger partial charge is 0.469 e. The van der Waals surface area contributed by atoms with Crippen LogP contribution in [0.4, 0.5) is 5.69 Å². The second-order valence-corrected chi connectivity index (χ2v) is 5.02. The third-order valence-electron chi connectivity index (χ3n) is 3.63. The molecule has 19 heavy (non-hydrogen) atoms. The fraction of sp³-hybridized carbons (Fsp3) is 0.375. The van der Waals surface area contributed by atoms with Crippen LogP contribution in [0.2, 0.25) is 0 Å². The molecule has 1 aliphatic rings. The van der Waals surface area contributed by atoms with Gasteiger partial charge in [0.15, 0.2) is 0 Å². The highest BCUT2D eigenvalue weighted by Crippen LogP contribution is 2.33. The maximum absolute atomic E-state index is 5.53. The molecule has 3 heteroatoms. The van der Waals surface area contributed by atoms with Gasteiger partial charge in [0, 0.05) is 24.8 Å². The molecular weight excluding hydrogens is 238 g/mol. The van der Waals surface area contributed by atoms with Crippen LogP contribution in [0.1, 0.15) is 35.8 Å². The van der Waals surface area contributed by atoms with Crippen molar-refractivity contribution in [1.82, 2.24) is 0 Å². The maximum Gasteiger partial charge on any atom is 0.109 e. The van der Waals surface area contributed by atoms with Gasteiger partial charge in [-0.3, -0.25) is 0 Å². The molecular formula is C16H19NO2. The molecule has 1 heterocycles. The summed E-state index contributed by atoms with van der Waals surface area (Å²) in [4.78, 5) is 0. The van der Waals surface area contributed by atoms with Gasteiger partial charge in [-0.05, 0) is 36.6 Å². The molecule has 0 saturated heterocycles. The van der Waals surface area contributed by atoms with Gasteiger partial charge in [0.25, 0.3) is 0 Å². The fourth-order valence-electron chi connectivity index (χ4n) is 2.76. The lowest BCUT2D eigenvalue weighted by molar-refractivity contribution is 0.185. The number of benzene rings is 1. The number of nitrogens with one attached hydrogen (secondary N) is 1. The Labute approximate surface area is 113 Å². The minimum Gasteiger partial charge on any atom is -0.469 e. The third-order valence-corrected chi connectivity index (χ3v) is 3.63. The average molecular weight is 257 g/mol. The minimum atomic E-state index is 0.361. The summed E-state index contributed by atoms with van der Waals surface area (Å²) in [6.45, 7) is 0.650. The molecule has 100 valence electrons. The predicted octanol–water partition coefficient (Wildman–Crippen LogP) is 3.92. The smallest absolute Gasteiger partial charge is 0.109 e. The maximum atomic E-state index is 5.53. The van der Waals surface area contributed by atoms with E-state index >= 15 is 0 Å². The van der Waals surface area contributed by atoms with Crippen molar-refractivity contribution in [3.63, 3.8) is 0 Å². The van der Waals surface area contributed by atoms with Crippen molar-refractivity contribution in [3.05, 3.63) is 53.5 Å². The molecule has 3 rings (SSSR count). The topological polar surface area (TPSA) is 34.4 Å². The van der Waals surface area contributed by atoms with E-state index < -0.39 is 0 Å². The van der Waals surface area contributed by atoms with E-state index in [1.165, 1.54) is 17.5 Å². The van der Waals surface area contributed by atoms with Crippen molar-refractivity contribution in [2.45, 2.75) is 31.9 Å². The summed E-state index contributed by atoms with van der Waals surface area (Å²) in [5.41, 5.74) is 3.65. The van der Waals surface area contributed by atoms with Gasteiger partial charge in [-0.1, -0.05) is 12.1 Å². The van der Waals surface area contributed by atoms with Crippen molar-refractivity contribution < 1.29 is 9.15 Å². The summed E-state index contributed by atoms with van der Waals surface area (Å²) < 4.78 is 10.7. The lowest BCUT2D eigenvalue weighted by Crippen LogP contribution is -2.15. The highest BCUT2D eigenvalue weighted by atomic mass is 16.5. The Balaban J connectivity index is 1.77. The zero-order valence-electron chi connectivity index (χ0n) is 11.2. The second-order valence-electron chi connectivity index (χ2n) is 5.02. The van der Waals surface area contributed by atoms with E-state index in [1.54, 1.807) is 13.4 Å². The number of hydrogen-bond donors (Lipinski definition) is 1. The monoisotopic (exact) mass is 257 g/mol. The Morgan fingerprint density at radius 1 is 1.37 bits per heavy atom. The van der Waals surface area contributed by atoms with Crippen LogP contribution in [-0.4, -0.2) is 7.11 Å². The molecule has 0 fully saturated rings. The number of anilines is 1. The second kappa shape index (κ2) is 5.49. The fourth-order valence-corrected chi connectivity index (χ4v) is 2.76. The van der Waals surface area contributed by atoms with Crippen molar-refractivity contribution in [2.75, 3.05) is 12.4 Å². The van der Waals surface area contributed by atoms with Crippen LogP contribution >= 0.6 is 0 Å². The summed E-state index contributed by atoms with van der Waals surface area (Å²) in [5, 5.41) is 3.61. The normalized spacial score (nSPS) is 18.1. The van der Waals surface area contributed by atoms with Gasteiger partial charge >= 0.3 is 0 Å². The Hall–Kier alpha value is -1.74. The van der Waals surface area contributed by atoms with Crippen LogP contribution in [0.5, 0.6) is 0 Å². The standard InChI is InChI=1S/C16H19NO2/c1-18-11-12-4-2-5-13(10-12)17-15-6-3-7-16-14(15)8-9-19-16/h2,4-5,8-10,15,17H,3,6-7,11H2,1H3. The van der Waals surface area contributed by atoms with E-state index in [1.807, 2.05) is 0 Å². The van der Waals surface area contributed by atoms with Gasteiger partial charge in [-0.25, -0.2) is 0 Å². The van der Waals surface area contributed by atoms with Crippen LogP contribution in [0, 0.1) is 0 Å². The molecule has 1 unspecified atom stereocenters. The first-order chi connectivity index (χ1) is 9.36. The Bertz CT molecular complexity index is 547. The highest BCUT2D eigenvalue weighted by molar-refractivity contribution is 5.48. The van der Waals surface area contributed by atoms with Crippen LogP contribution in [0.25, 0.3) is 0 Å². The van der Waals surface area contributed by atoms with Gasteiger partial charge < -0.3 is 14.5 Å². The van der Waals surface area contributed by atoms with Gasteiger partial charge in [0.05, 0.1) is 18.9 Å². The first-order valence-electron chi connectivity index (χ1n) is 6.77. The molecule has 1 atom stereocenters. The van der Waals surface area contributed by atoms with Crippen molar-refractivity contribution in [1.29, 1.82) is 0 Å². The lowest BCUT2D eigenvalue weighted by atomic mass is 9.93. The predicted molar refractivity (Wildman–Crippen MR) is 75.2 cm³/mol. The van der Waals surface area contributed by atoms with Crippen LogP contribution in [0.15, 0.2) is 41.0 Å². The van der Waals surface area contributed by atoms with Crippen molar-refractivity contribution in [2.24, 2.45) is 0 Å². The summed E-state index contributed by atoms with van der Waals surface area (Å²) >= 11 is 0. The summed E-state index contributed by atoms with van der Waals surface area (Å²) in [7, 11) is 1.72. The van der Waals surface area contributed by atoms with Crippen LogP contribution in [-0.2, 0) is 17.8 Å². The molecule has 2 aromatic rings. The zero-order chi connectivity index (χ0) is 13.1. The van der Waals surface area contributed by atoms with Crippen LogP contribution in [0.3, 0.4) is 0 Å². The summed E-state index contributed by atoms with van der Waals surface area (Å²) in [5.74, 6) is 1.14. The number of ether oxygens (including phenoxy) is 1. The molecule has 0 amide bonds. The van der Waals surface area contributed by atoms with Crippen LogP contribution < -0.4 is 5.32 Å². The minimum absolute atomic E-state index is 0.361. The zero-order valence-corrected chi connectivity index (χ0v) is 11.2. The molecule has 1 aromatic carbocycles. The Morgan fingerprint density at radius 2 is 2.32 bits per heavy atom. The molecule has 0 aliphatic heterocycles. The molecule has 0 bridgehead atoms. The number of fused-ring (bicyclic) bond motifs is 1. The van der Waals surface area contributed by atoms with Gasteiger partial charge in [0.1, 0.15) is 5.76 Å². The molecule has 0 spiro atoms.